The van der Waals surface area contributed by atoms with E-state index in [9.17, 15) is 4.79 Å². The molecule has 0 aliphatic carbocycles. The second kappa shape index (κ2) is 7.08. The molecule has 0 saturated carbocycles. The highest BCUT2D eigenvalue weighted by Crippen LogP contribution is 2.14. The van der Waals surface area contributed by atoms with Gasteiger partial charge in [-0.2, -0.15) is 0 Å². The van der Waals surface area contributed by atoms with Crippen molar-refractivity contribution in [2.75, 3.05) is 26.2 Å². The van der Waals surface area contributed by atoms with Crippen molar-refractivity contribution >= 4 is 11.7 Å². The molecule has 21 heavy (non-hydrogen) atoms. The highest BCUT2D eigenvalue weighted by molar-refractivity contribution is 5.99. The van der Waals surface area contributed by atoms with Crippen LogP contribution in [0.15, 0.2) is 29.4 Å². The van der Waals surface area contributed by atoms with E-state index in [4.69, 9.17) is 10.9 Å². The van der Waals surface area contributed by atoms with Gasteiger partial charge in [0.05, 0.1) is 0 Å². The van der Waals surface area contributed by atoms with Gasteiger partial charge < -0.3 is 21.2 Å². The lowest BCUT2D eigenvalue weighted by Gasteiger charge is -2.13. The number of hydrogen-bond donors (Lipinski definition) is 3. The van der Waals surface area contributed by atoms with Crippen LogP contribution in [-0.2, 0) is 0 Å². The number of nitrogens with two attached hydrogens (primary N) is 1. The summed E-state index contributed by atoms with van der Waals surface area (Å²) in [5, 5.41) is 14.5. The predicted molar refractivity (Wildman–Crippen MR) is 81.5 cm³/mol. The molecule has 0 radical (unpaired) electrons. The second-order valence-corrected chi connectivity index (χ2v) is 5.32. The fourth-order valence-electron chi connectivity index (χ4n) is 2.56. The number of carbonyl (C=O) groups excluding carboxylic acids is 1. The maximum atomic E-state index is 12.1. The van der Waals surface area contributed by atoms with Crippen molar-refractivity contribution in [3.63, 3.8) is 0 Å². The van der Waals surface area contributed by atoms with E-state index in [0.29, 0.717) is 23.6 Å². The maximum absolute atomic E-state index is 12.1. The quantitative estimate of drug-likeness (QED) is 0.324. The van der Waals surface area contributed by atoms with E-state index in [1.807, 2.05) is 0 Å². The summed E-state index contributed by atoms with van der Waals surface area (Å²) in [6.45, 7) is 6.10. The molecule has 1 unspecified atom stereocenters. The molecule has 4 N–H and O–H groups in total. The van der Waals surface area contributed by atoms with E-state index in [1.54, 1.807) is 24.3 Å². The highest BCUT2D eigenvalue weighted by Gasteiger charge is 2.21. The molecule has 1 aliphatic heterocycles. The Bertz CT molecular complexity index is 513. The Morgan fingerprint density at radius 1 is 1.43 bits per heavy atom. The molecule has 1 aliphatic rings. The Labute approximate surface area is 124 Å². The van der Waals surface area contributed by atoms with Crippen molar-refractivity contribution in [3.05, 3.63) is 35.4 Å². The average molecular weight is 290 g/mol. The van der Waals surface area contributed by atoms with Crippen LogP contribution >= 0.6 is 0 Å². The molecule has 1 atom stereocenters. The number of carbonyl (C=O) groups is 1. The van der Waals surface area contributed by atoms with Crippen LogP contribution in [0.2, 0.25) is 0 Å². The number of nitrogens with zero attached hydrogens (tertiary/aromatic N) is 2. The normalized spacial score (nSPS) is 19.7. The molecular weight excluding hydrogens is 268 g/mol. The lowest BCUT2D eigenvalue weighted by molar-refractivity contribution is 0.0947. The number of hydrogen-bond acceptors (Lipinski definition) is 4. The first-order chi connectivity index (χ1) is 10.1. The van der Waals surface area contributed by atoms with E-state index in [-0.39, 0.29) is 11.7 Å². The van der Waals surface area contributed by atoms with E-state index < -0.39 is 0 Å². The van der Waals surface area contributed by atoms with Gasteiger partial charge in [-0.15, -0.1) is 0 Å². The fourth-order valence-corrected chi connectivity index (χ4v) is 2.56. The Morgan fingerprint density at radius 3 is 2.67 bits per heavy atom. The van der Waals surface area contributed by atoms with Gasteiger partial charge in [0.1, 0.15) is 0 Å². The average Bonchev–Trinajstić information content (AvgIpc) is 3.00. The van der Waals surface area contributed by atoms with Crippen LogP contribution in [0.1, 0.15) is 29.3 Å². The minimum Gasteiger partial charge on any atom is -0.409 e. The smallest absolute Gasteiger partial charge is 0.251 e. The lowest BCUT2D eigenvalue weighted by Crippen LogP contribution is -2.31. The van der Waals surface area contributed by atoms with Crippen molar-refractivity contribution < 1.29 is 10.0 Å². The molecule has 0 spiro atoms. The molecule has 1 aromatic rings. The van der Waals surface area contributed by atoms with Crippen LogP contribution in [0, 0.1) is 5.92 Å². The number of nitrogens with one attached hydrogen (secondary N) is 1. The van der Waals surface area contributed by atoms with Gasteiger partial charge in [-0.3, -0.25) is 4.79 Å². The summed E-state index contributed by atoms with van der Waals surface area (Å²) in [5.41, 5.74) is 6.65. The van der Waals surface area contributed by atoms with Gasteiger partial charge in [0, 0.05) is 24.2 Å². The molecule has 0 bridgehead atoms. The summed E-state index contributed by atoms with van der Waals surface area (Å²) in [5.74, 6) is 0.480. The monoisotopic (exact) mass is 290 g/mol. The zero-order valence-electron chi connectivity index (χ0n) is 12.2. The summed E-state index contributed by atoms with van der Waals surface area (Å²) in [6, 6.07) is 6.68. The second-order valence-electron chi connectivity index (χ2n) is 5.32. The molecule has 6 heteroatoms. The zero-order chi connectivity index (χ0) is 15.2. The summed E-state index contributed by atoms with van der Waals surface area (Å²) < 4.78 is 0. The standard InChI is InChI=1S/C15H22N4O2/c1-2-19-8-7-11(10-19)9-17-15(20)13-5-3-12(4-6-13)14(16)18-21/h3-6,11,21H,2,7-10H2,1H3,(H2,16,18)(H,17,20). The van der Waals surface area contributed by atoms with Gasteiger partial charge in [0.25, 0.3) is 5.91 Å². The fraction of sp³-hybridized carbons (Fsp3) is 0.467. The minimum atomic E-state index is -0.0870. The van der Waals surface area contributed by atoms with Gasteiger partial charge in [0.15, 0.2) is 5.84 Å². The van der Waals surface area contributed by atoms with Gasteiger partial charge >= 0.3 is 0 Å². The largest absolute Gasteiger partial charge is 0.409 e. The number of likely N-dealkylation sites (tertiary alicyclic amines) is 1. The molecule has 1 fully saturated rings. The first-order valence-corrected chi connectivity index (χ1v) is 7.22. The van der Waals surface area contributed by atoms with Crippen LogP contribution in [0.4, 0.5) is 0 Å². The Morgan fingerprint density at radius 2 is 2.10 bits per heavy atom. The highest BCUT2D eigenvalue weighted by atomic mass is 16.4. The summed E-state index contributed by atoms with van der Waals surface area (Å²) in [7, 11) is 0. The predicted octanol–water partition coefficient (Wildman–Crippen LogP) is 0.853. The van der Waals surface area contributed by atoms with E-state index in [1.165, 1.54) is 0 Å². The summed E-state index contributed by atoms with van der Waals surface area (Å²) >= 11 is 0. The van der Waals surface area contributed by atoms with Crippen molar-refractivity contribution in [2.24, 2.45) is 16.8 Å². The summed E-state index contributed by atoms with van der Waals surface area (Å²) in [6.07, 6.45) is 1.14. The molecular formula is C15H22N4O2. The number of oxime groups is 1. The van der Waals surface area contributed by atoms with Gasteiger partial charge in [-0.25, -0.2) is 0 Å². The van der Waals surface area contributed by atoms with Crippen LogP contribution in [0.5, 0.6) is 0 Å². The minimum absolute atomic E-state index is 0.0348. The Kier molecular flexibility index (Phi) is 5.16. The molecule has 1 heterocycles. The summed E-state index contributed by atoms with van der Waals surface area (Å²) in [4.78, 5) is 14.5. The van der Waals surface area contributed by atoms with Gasteiger partial charge in [-0.05, 0) is 37.6 Å². The van der Waals surface area contributed by atoms with E-state index in [0.717, 1.165) is 26.1 Å². The third-order valence-electron chi connectivity index (χ3n) is 3.92. The van der Waals surface area contributed by atoms with Crippen LogP contribution < -0.4 is 11.1 Å². The SMILES string of the molecule is CCN1CCC(CNC(=O)c2ccc(/C(N)=N/O)cc2)C1. The van der Waals surface area contributed by atoms with Crippen molar-refractivity contribution in [1.29, 1.82) is 0 Å². The first kappa shape index (κ1) is 15.3. The van der Waals surface area contributed by atoms with Crippen LogP contribution in [0.25, 0.3) is 0 Å². The molecule has 2 rings (SSSR count). The first-order valence-electron chi connectivity index (χ1n) is 7.22. The molecule has 6 nitrogen and oxygen atoms in total. The van der Waals surface area contributed by atoms with E-state index >= 15 is 0 Å². The molecule has 114 valence electrons. The van der Waals surface area contributed by atoms with Crippen LogP contribution in [-0.4, -0.2) is 48.0 Å². The maximum Gasteiger partial charge on any atom is 0.251 e. The zero-order valence-corrected chi connectivity index (χ0v) is 12.2. The number of amidine groups is 1. The molecule has 1 amide bonds. The van der Waals surface area contributed by atoms with Gasteiger partial charge in [-0.1, -0.05) is 24.2 Å². The third kappa shape index (κ3) is 3.95. The third-order valence-corrected chi connectivity index (χ3v) is 3.92. The topological polar surface area (TPSA) is 91.0 Å². The Balaban J connectivity index is 1.86. The van der Waals surface area contributed by atoms with Crippen molar-refractivity contribution in [1.82, 2.24) is 10.2 Å². The van der Waals surface area contributed by atoms with Crippen LogP contribution in [0.3, 0.4) is 0 Å². The van der Waals surface area contributed by atoms with Gasteiger partial charge in [0.2, 0.25) is 0 Å². The lowest BCUT2D eigenvalue weighted by atomic mass is 10.1. The number of benzene rings is 1. The molecule has 1 saturated heterocycles. The van der Waals surface area contributed by atoms with E-state index in [2.05, 4.69) is 22.3 Å². The van der Waals surface area contributed by atoms with Crippen molar-refractivity contribution in [2.45, 2.75) is 13.3 Å². The number of rotatable bonds is 5. The Hall–Kier alpha value is -2.08. The van der Waals surface area contributed by atoms with Crippen molar-refractivity contribution in [3.8, 4) is 0 Å². The molecule has 0 aromatic heterocycles. The molecule has 1 aromatic carbocycles. The number of amides is 1.